The monoisotopic (exact) mass is 1110 g/mol. The molecule has 0 amide bonds. The highest BCUT2D eigenvalue weighted by Crippen LogP contribution is 2.64. The molecular formula is C56H82O22. The van der Waals surface area contributed by atoms with Crippen LogP contribution in [0.25, 0.3) is 0 Å². The molecule has 4 aliphatic carbocycles. The van der Waals surface area contributed by atoms with E-state index < -0.39 is 35.0 Å². The van der Waals surface area contributed by atoms with Crippen molar-refractivity contribution >= 4 is 18.3 Å². The van der Waals surface area contributed by atoms with Crippen LogP contribution in [0.4, 0.5) is 0 Å². The number of fused-ring (bicyclic) bond motifs is 8. The van der Waals surface area contributed by atoms with Crippen molar-refractivity contribution in [2.24, 2.45) is 23.7 Å². The van der Waals surface area contributed by atoms with Crippen molar-refractivity contribution in [1.82, 2.24) is 0 Å². The molecule has 438 valence electrons. The van der Waals surface area contributed by atoms with Crippen LogP contribution in [0.3, 0.4) is 0 Å². The van der Waals surface area contributed by atoms with Crippen molar-refractivity contribution in [3.05, 3.63) is 35.9 Å². The third-order valence-corrected chi connectivity index (χ3v) is 17.1. The standard InChI is InChI=1S/C18H22O6.3C12H20O4.2CO2/c1-17(2)22-13-14(23-17)18(24-16(13)20-3)9-12(18)10-21-15(19)11-7-5-4-6-8-11;3*1-5-7-6-12(7)9-8(10(13-4)16-12)14-11(2,3)15-9;2*2-1-3/h4-8,12-14,16H,9-10H2,1-3H3;3*7-10H,5-6H2,1-4H3;;/t12-,13-,14?,16+,18+;7-,8+,9?,10-,12-;2*7-,8-,9?,10+,12-;;/m0100../s1. The first-order valence-corrected chi connectivity index (χ1v) is 27.3. The van der Waals surface area contributed by atoms with E-state index in [0.29, 0.717) is 29.9 Å². The maximum Gasteiger partial charge on any atom is 0.373 e. The Morgan fingerprint density at radius 1 is 0.436 bits per heavy atom. The average molecular weight is 1110 g/mol. The van der Waals surface area contributed by atoms with Crippen molar-refractivity contribution in [2.45, 2.75) is 241 Å². The zero-order valence-corrected chi connectivity index (χ0v) is 47.8. The van der Waals surface area contributed by atoms with E-state index >= 15 is 0 Å². The largest absolute Gasteiger partial charge is 0.462 e. The van der Waals surface area contributed by atoms with Gasteiger partial charge in [0.2, 0.25) is 0 Å². The fraction of sp³-hybridized carbons (Fsp3) is 0.839. The smallest absolute Gasteiger partial charge is 0.373 e. The Hall–Kier alpha value is -3.19. The summed E-state index contributed by atoms with van der Waals surface area (Å²) < 4.78 is 98.5. The van der Waals surface area contributed by atoms with Gasteiger partial charge in [0, 0.05) is 34.4 Å². The molecule has 4 saturated carbocycles. The van der Waals surface area contributed by atoms with E-state index in [-0.39, 0.29) is 109 Å². The molecule has 1 aromatic rings. The summed E-state index contributed by atoms with van der Waals surface area (Å²) in [6, 6.07) is 8.97. The van der Waals surface area contributed by atoms with E-state index in [1.165, 1.54) is 0 Å². The van der Waals surface area contributed by atoms with Crippen LogP contribution in [0, 0.1) is 23.7 Å². The second kappa shape index (κ2) is 22.9. The van der Waals surface area contributed by atoms with E-state index in [1.807, 2.05) is 73.6 Å². The highest BCUT2D eigenvalue weighted by molar-refractivity contribution is 5.89. The maximum atomic E-state index is 12.1. The molecule has 4 unspecified atom stereocenters. The van der Waals surface area contributed by atoms with E-state index in [4.69, 9.17) is 99.7 Å². The van der Waals surface area contributed by atoms with E-state index in [1.54, 1.807) is 40.6 Å². The van der Waals surface area contributed by atoms with Crippen LogP contribution in [-0.2, 0) is 99.7 Å². The van der Waals surface area contributed by atoms with Crippen LogP contribution in [-0.4, -0.2) is 173 Å². The molecule has 13 rings (SSSR count). The number of rotatable bonds is 10. The minimum atomic E-state index is -0.656. The van der Waals surface area contributed by atoms with Crippen LogP contribution in [0.5, 0.6) is 0 Å². The summed E-state index contributed by atoms with van der Waals surface area (Å²) >= 11 is 0. The van der Waals surface area contributed by atoms with Gasteiger partial charge in [0.1, 0.15) is 71.2 Å². The SMILES string of the molecule is CC[C@@H]1C[C@@]12O[C@@H](OC)[C@H]1OC(C)(C)OC12.CC[C@H]1C[C@]12O[C@@H](OC)[C@H]1OC(C)(C)OC12.CC[C@H]1C[C@]12O[C@@H](OC)[C@H]1OC(C)(C)OC12.CO[C@@H]1O[C@@]2(C[C@H]2COC(=O)c2ccccc2)C2OC(C)(C)O[C@@H]21.O=C=O.O=C=O. The molecule has 4 spiro atoms. The third-order valence-electron chi connectivity index (χ3n) is 17.1. The second-order valence-corrected chi connectivity index (χ2v) is 23.8. The zero-order chi connectivity index (χ0) is 57.0. The predicted octanol–water partition coefficient (Wildman–Crippen LogP) is 5.99. The van der Waals surface area contributed by atoms with Crippen LogP contribution >= 0.6 is 0 Å². The molecule has 0 radical (unpaired) electrons. The van der Waals surface area contributed by atoms with E-state index in [9.17, 15) is 4.79 Å². The lowest BCUT2D eigenvalue weighted by Gasteiger charge is -2.24. The van der Waals surface area contributed by atoms with Gasteiger partial charge in [0.25, 0.3) is 0 Å². The van der Waals surface area contributed by atoms with Gasteiger partial charge in [-0.2, -0.15) is 19.2 Å². The van der Waals surface area contributed by atoms with Gasteiger partial charge in [-0.1, -0.05) is 58.2 Å². The molecule has 12 aliphatic rings. The van der Waals surface area contributed by atoms with Crippen molar-refractivity contribution in [1.29, 1.82) is 0 Å². The first-order chi connectivity index (χ1) is 36.8. The van der Waals surface area contributed by atoms with Crippen LogP contribution in [0.2, 0.25) is 0 Å². The molecule has 0 N–H and O–H groups in total. The van der Waals surface area contributed by atoms with E-state index in [0.717, 1.165) is 44.9 Å². The van der Waals surface area contributed by atoms with Crippen molar-refractivity contribution in [2.75, 3.05) is 35.0 Å². The number of carbonyl (C=O) groups excluding carboxylic acids is 5. The number of hydrogen-bond donors (Lipinski definition) is 0. The highest BCUT2D eigenvalue weighted by atomic mass is 16.8. The molecule has 22 heteroatoms. The summed E-state index contributed by atoms with van der Waals surface area (Å²) in [5, 5.41) is 0. The van der Waals surface area contributed by atoms with Gasteiger partial charge in [0.15, 0.2) is 48.3 Å². The Kier molecular flexibility index (Phi) is 17.9. The zero-order valence-electron chi connectivity index (χ0n) is 47.8. The Bertz CT molecular complexity index is 2150. The lowest BCUT2D eigenvalue weighted by molar-refractivity contribution is -0.235. The first kappa shape index (κ1) is 60.9. The summed E-state index contributed by atoms with van der Waals surface area (Å²) in [4.78, 5) is 44.6. The van der Waals surface area contributed by atoms with Gasteiger partial charge in [-0.25, -0.2) is 4.79 Å². The Labute approximate surface area is 456 Å². The number of methoxy groups -OCH3 is 4. The van der Waals surface area contributed by atoms with Gasteiger partial charge in [-0.15, -0.1) is 0 Å². The summed E-state index contributed by atoms with van der Waals surface area (Å²) in [6.07, 6.45) is 6.06. The number of hydrogen-bond acceptors (Lipinski definition) is 22. The molecule has 8 heterocycles. The van der Waals surface area contributed by atoms with Gasteiger partial charge < -0.3 is 80.5 Å². The highest BCUT2D eigenvalue weighted by Gasteiger charge is 2.76. The normalized spacial score (nSPS) is 45.0. The van der Waals surface area contributed by atoms with E-state index in [2.05, 4.69) is 20.8 Å². The quantitative estimate of drug-likeness (QED) is 0.244. The minimum Gasteiger partial charge on any atom is -0.462 e. The van der Waals surface area contributed by atoms with Crippen molar-refractivity contribution in [3.63, 3.8) is 0 Å². The first-order valence-electron chi connectivity index (χ1n) is 27.3. The molecule has 22 nitrogen and oxygen atoms in total. The Morgan fingerprint density at radius 3 is 0.936 bits per heavy atom. The summed E-state index contributed by atoms with van der Waals surface area (Å²) in [5.41, 5.74) is -0.320. The number of esters is 1. The molecule has 8 aliphatic heterocycles. The Balaban J connectivity index is 0.000000135. The van der Waals surface area contributed by atoms with Crippen molar-refractivity contribution < 1.29 is 104 Å². The summed E-state index contributed by atoms with van der Waals surface area (Å²) in [6.45, 7) is 22.4. The van der Waals surface area contributed by atoms with Crippen LogP contribution < -0.4 is 0 Å². The Morgan fingerprint density at radius 2 is 0.692 bits per heavy atom. The summed E-state index contributed by atoms with van der Waals surface area (Å²) in [7, 11) is 6.60. The lowest BCUT2D eigenvalue weighted by Crippen LogP contribution is -2.33. The van der Waals surface area contributed by atoms with Gasteiger partial charge in [-0.3, -0.25) is 0 Å². The molecule has 20 atom stereocenters. The lowest BCUT2D eigenvalue weighted by atomic mass is 10.1. The molecule has 0 aromatic heterocycles. The molecule has 8 saturated heterocycles. The molecule has 12 fully saturated rings. The second-order valence-electron chi connectivity index (χ2n) is 23.8. The molecule has 1 aromatic carbocycles. The number of benzene rings is 1. The van der Waals surface area contributed by atoms with Gasteiger partial charge in [0.05, 0.1) is 12.2 Å². The fourth-order valence-electron chi connectivity index (χ4n) is 13.4. The topological polar surface area (TPSA) is 242 Å². The maximum absolute atomic E-state index is 12.1. The molecule has 0 bridgehead atoms. The van der Waals surface area contributed by atoms with Crippen LogP contribution in [0.1, 0.15) is 131 Å². The third kappa shape index (κ3) is 11.6. The number of carbonyl (C=O) groups is 1. The average Bonchev–Trinajstić information content (AvgIpc) is 4.48. The van der Waals surface area contributed by atoms with Gasteiger partial charge in [-0.05, 0) is 111 Å². The fourth-order valence-corrected chi connectivity index (χ4v) is 13.4. The van der Waals surface area contributed by atoms with Crippen molar-refractivity contribution in [3.8, 4) is 0 Å². The summed E-state index contributed by atoms with van der Waals surface area (Å²) in [5.74, 6) is -0.628. The predicted molar refractivity (Wildman–Crippen MR) is 264 cm³/mol. The molecular weight excluding hydrogens is 1020 g/mol. The van der Waals surface area contributed by atoms with Crippen LogP contribution in [0.15, 0.2) is 30.3 Å². The molecule has 78 heavy (non-hydrogen) atoms. The number of ether oxygens (including phenoxy) is 17. The van der Waals surface area contributed by atoms with Gasteiger partial charge >= 0.3 is 18.3 Å². The minimum absolute atomic E-state index is 0.0393.